The minimum absolute atomic E-state index is 0. The summed E-state index contributed by atoms with van der Waals surface area (Å²) in [6.07, 6.45) is 13.9. The zero-order valence-electron chi connectivity index (χ0n) is 13.0. The number of rotatable bonds is 12. The molecule has 18 heavy (non-hydrogen) atoms. The van der Waals surface area contributed by atoms with E-state index < -0.39 is 0 Å². The molecule has 0 saturated carbocycles. The van der Waals surface area contributed by atoms with Gasteiger partial charge in [-0.1, -0.05) is 64.7 Å². The fourth-order valence-corrected chi connectivity index (χ4v) is 1.93. The average molecular weight is 324 g/mol. The molecule has 2 nitrogen and oxygen atoms in total. The zero-order valence-corrected chi connectivity index (χ0v) is 14.6. The number of halogens is 1. The van der Waals surface area contributed by atoms with Gasteiger partial charge >= 0.3 is 0 Å². The van der Waals surface area contributed by atoms with Crippen LogP contribution in [0, 0.1) is 0 Å². The highest BCUT2D eigenvalue weighted by Crippen LogP contribution is 2.10. The van der Waals surface area contributed by atoms with Crippen LogP contribution >= 0.6 is 0 Å². The van der Waals surface area contributed by atoms with Gasteiger partial charge in [-0.2, -0.15) is 4.65 Å². The lowest BCUT2D eigenvalue weighted by molar-refractivity contribution is -1.06. The Morgan fingerprint density at radius 2 is 1.06 bits per heavy atom. The summed E-state index contributed by atoms with van der Waals surface area (Å²) in [6, 6.07) is 0. The van der Waals surface area contributed by atoms with Crippen molar-refractivity contribution < 1.29 is 26.5 Å². The Labute approximate surface area is 125 Å². The van der Waals surface area contributed by atoms with E-state index in [-0.39, 0.29) is 17.0 Å². The number of quaternary nitrogens is 1. The van der Waals surface area contributed by atoms with Gasteiger partial charge < -0.3 is 17.0 Å². The maximum Gasteiger partial charge on any atom is 0.106 e. The molecule has 0 rings (SSSR count). The standard InChI is InChI=1S/C15H34NO.BrH/c1-5-6-7-8-9-10-11-12-13-14-15-17-16(2,3)4;/h5-15H2,1-4H3;1H/q+1;/p-1. The summed E-state index contributed by atoms with van der Waals surface area (Å²) in [4.78, 5) is 5.64. The highest BCUT2D eigenvalue weighted by atomic mass is 79.9. The molecule has 0 amide bonds. The maximum absolute atomic E-state index is 5.64. The molecule has 0 unspecified atom stereocenters. The molecule has 0 aromatic carbocycles. The minimum atomic E-state index is 0. The van der Waals surface area contributed by atoms with Crippen molar-refractivity contribution in [2.75, 3.05) is 27.7 Å². The van der Waals surface area contributed by atoms with Gasteiger partial charge in [0.2, 0.25) is 0 Å². The number of hydrogen-bond acceptors (Lipinski definition) is 1. The highest BCUT2D eigenvalue weighted by molar-refractivity contribution is 4.46. The van der Waals surface area contributed by atoms with Gasteiger partial charge in [0, 0.05) is 0 Å². The molecule has 0 bridgehead atoms. The van der Waals surface area contributed by atoms with Crippen LogP contribution in [-0.2, 0) is 4.84 Å². The van der Waals surface area contributed by atoms with E-state index in [1.807, 2.05) is 0 Å². The first-order chi connectivity index (χ1) is 8.06. The predicted molar refractivity (Wildman–Crippen MR) is 75.8 cm³/mol. The third kappa shape index (κ3) is 18.8. The van der Waals surface area contributed by atoms with E-state index in [4.69, 9.17) is 4.84 Å². The molecule has 0 aliphatic rings. The summed E-state index contributed by atoms with van der Waals surface area (Å²) in [7, 11) is 6.20. The predicted octanol–water partition coefficient (Wildman–Crippen LogP) is 1.55. The van der Waals surface area contributed by atoms with E-state index in [0.29, 0.717) is 4.65 Å². The Morgan fingerprint density at radius 1 is 0.667 bits per heavy atom. The second-order valence-corrected chi connectivity index (χ2v) is 5.90. The monoisotopic (exact) mass is 323 g/mol. The SMILES string of the molecule is CCCCCCCCCCCCO[N+](C)(C)C.[Br-]. The summed E-state index contributed by atoms with van der Waals surface area (Å²) < 4.78 is 0.622. The van der Waals surface area contributed by atoms with E-state index in [1.54, 1.807) is 0 Å². The Kier molecular flexibility index (Phi) is 15.9. The molecular formula is C15H34BrNO. The lowest BCUT2D eigenvalue weighted by Crippen LogP contribution is -3.00. The highest BCUT2D eigenvalue weighted by Gasteiger charge is 2.06. The van der Waals surface area contributed by atoms with Crippen LogP contribution < -0.4 is 17.0 Å². The van der Waals surface area contributed by atoms with Gasteiger partial charge in [0.15, 0.2) is 0 Å². The zero-order chi connectivity index (χ0) is 13.0. The van der Waals surface area contributed by atoms with E-state index >= 15 is 0 Å². The molecule has 0 fully saturated rings. The summed E-state index contributed by atoms with van der Waals surface area (Å²) >= 11 is 0. The van der Waals surface area contributed by atoms with E-state index in [2.05, 4.69) is 28.1 Å². The van der Waals surface area contributed by atoms with Crippen molar-refractivity contribution in [2.24, 2.45) is 0 Å². The average Bonchev–Trinajstić information content (AvgIpc) is 2.24. The second kappa shape index (κ2) is 13.8. The fraction of sp³-hybridized carbons (Fsp3) is 1.00. The Bertz CT molecular complexity index is 157. The van der Waals surface area contributed by atoms with Crippen molar-refractivity contribution in [3.05, 3.63) is 0 Å². The van der Waals surface area contributed by atoms with Gasteiger partial charge in [-0.25, -0.2) is 4.84 Å². The first-order valence-corrected chi connectivity index (χ1v) is 7.52. The van der Waals surface area contributed by atoms with Crippen LogP contribution in [0.25, 0.3) is 0 Å². The molecule has 0 heterocycles. The first-order valence-electron chi connectivity index (χ1n) is 7.52. The van der Waals surface area contributed by atoms with E-state index in [0.717, 1.165) is 6.61 Å². The number of hydroxylamine groups is 3. The van der Waals surface area contributed by atoms with Crippen LogP contribution in [0.3, 0.4) is 0 Å². The van der Waals surface area contributed by atoms with E-state index in [9.17, 15) is 0 Å². The van der Waals surface area contributed by atoms with Crippen LogP contribution in [0.2, 0.25) is 0 Å². The lowest BCUT2D eigenvalue weighted by Gasteiger charge is -2.20. The quantitative estimate of drug-likeness (QED) is 0.301. The summed E-state index contributed by atoms with van der Waals surface area (Å²) in [5.41, 5.74) is 0. The molecule has 0 aliphatic heterocycles. The molecule has 0 spiro atoms. The van der Waals surface area contributed by atoms with Crippen LogP contribution in [0.15, 0.2) is 0 Å². The second-order valence-electron chi connectivity index (χ2n) is 5.90. The van der Waals surface area contributed by atoms with Crippen LogP contribution in [-0.4, -0.2) is 32.4 Å². The van der Waals surface area contributed by atoms with Crippen molar-refractivity contribution in [2.45, 2.75) is 71.1 Å². The van der Waals surface area contributed by atoms with Crippen molar-refractivity contribution in [1.82, 2.24) is 0 Å². The van der Waals surface area contributed by atoms with Crippen molar-refractivity contribution >= 4 is 0 Å². The number of hydrogen-bond donors (Lipinski definition) is 0. The van der Waals surface area contributed by atoms with Gasteiger partial charge in [0.1, 0.15) is 6.61 Å². The summed E-state index contributed by atoms with van der Waals surface area (Å²) in [5, 5.41) is 0. The fourth-order valence-electron chi connectivity index (χ4n) is 1.93. The van der Waals surface area contributed by atoms with Crippen LogP contribution in [0.4, 0.5) is 0 Å². The third-order valence-corrected chi connectivity index (χ3v) is 2.98. The molecule has 0 radical (unpaired) electrons. The smallest absolute Gasteiger partial charge is 0.106 e. The molecule has 0 aliphatic carbocycles. The maximum atomic E-state index is 5.64. The van der Waals surface area contributed by atoms with Gasteiger partial charge in [-0.3, -0.25) is 0 Å². The topological polar surface area (TPSA) is 9.23 Å². The van der Waals surface area contributed by atoms with E-state index in [1.165, 1.54) is 64.2 Å². The molecule has 112 valence electrons. The molecule has 0 atom stereocenters. The molecule has 0 saturated heterocycles. The molecule has 0 aromatic heterocycles. The Hall–Kier alpha value is 0.400. The normalized spacial score (nSPS) is 11.3. The Morgan fingerprint density at radius 3 is 1.44 bits per heavy atom. The number of nitrogens with zero attached hydrogens (tertiary/aromatic N) is 1. The summed E-state index contributed by atoms with van der Waals surface area (Å²) in [5.74, 6) is 0. The minimum Gasteiger partial charge on any atom is -1.00 e. The number of unbranched alkanes of at least 4 members (excludes halogenated alkanes) is 9. The molecule has 0 N–H and O–H groups in total. The Balaban J connectivity index is 0. The lowest BCUT2D eigenvalue weighted by atomic mass is 10.1. The van der Waals surface area contributed by atoms with Gasteiger partial charge in [0.05, 0.1) is 21.1 Å². The van der Waals surface area contributed by atoms with Crippen molar-refractivity contribution in [3.63, 3.8) is 0 Å². The first kappa shape index (κ1) is 20.7. The molecule has 3 heteroatoms. The van der Waals surface area contributed by atoms with Gasteiger partial charge in [-0.15, -0.1) is 0 Å². The summed E-state index contributed by atoms with van der Waals surface area (Å²) in [6.45, 7) is 3.18. The molecular weight excluding hydrogens is 290 g/mol. The van der Waals surface area contributed by atoms with Crippen LogP contribution in [0.5, 0.6) is 0 Å². The van der Waals surface area contributed by atoms with Gasteiger partial charge in [0.25, 0.3) is 0 Å². The van der Waals surface area contributed by atoms with Crippen molar-refractivity contribution in [3.8, 4) is 0 Å². The van der Waals surface area contributed by atoms with Crippen molar-refractivity contribution in [1.29, 1.82) is 0 Å². The van der Waals surface area contributed by atoms with Crippen LogP contribution in [0.1, 0.15) is 71.1 Å². The third-order valence-electron chi connectivity index (χ3n) is 2.98. The largest absolute Gasteiger partial charge is 1.00 e. The van der Waals surface area contributed by atoms with Gasteiger partial charge in [-0.05, 0) is 6.42 Å². The molecule has 0 aromatic rings.